The predicted octanol–water partition coefficient (Wildman–Crippen LogP) is 3.66. The molecule has 1 aromatic carbocycles. The molecule has 2 aromatic rings. The molecule has 78 valence electrons. The second-order valence-electron chi connectivity index (χ2n) is 4.20. The number of hydrogen-bond donors (Lipinski definition) is 0. The lowest BCUT2D eigenvalue weighted by Crippen LogP contribution is -2.04. The van der Waals surface area contributed by atoms with Gasteiger partial charge in [-0.05, 0) is 23.6 Å². The van der Waals surface area contributed by atoms with E-state index in [1.54, 1.807) is 0 Å². The Morgan fingerprint density at radius 1 is 1.00 bits per heavy atom. The van der Waals surface area contributed by atoms with Crippen LogP contribution in [0.3, 0.4) is 0 Å². The highest BCUT2D eigenvalue weighted by Gasteiger charge is 2.04. The minimum Gasteiger partial charge on any atom is -0.347 e. The summed E-state index contributed by atoms with van der Waals surface area (Å²) in [5, 5.41) is 0. The summed E-state index contributed by atoms with van der Waals surface area (Å²) >= 11 is 0. The number of hydrogen-bond acceptors (Lipinski definition) is 0. The third-order valence-electron chi connectivity index (χ3n) is 2.65. The third-order valence-corrected chi connectivity index (χ3v) is 2.65. The molecule has 2 rings (SSSR count). The maximum Gasteiger partial charge on any atom is 0.0472 e. The van der Waals surface area contributed by atoms with Crippen LogP contribution in [0.4, 0.5) is 0 Å². The van der Waals surface area contributed by atoms with E-state index in [9.17, 15) is 0 Å². The highest BCUT2D eigenvalue weighted by atomic mass is 15.0. The molecule has 0 aliphatic heterocycles. The molecular formula is C14H17N. The second kappa shape index (κ2) is 4.35. The Bertz CT molecular complexity index is 412. The predicted molar refractivity (Wildman–Crippen MR) is 64.1 cm³/mol. The lowest BCUT2D eigenvalue weighted by Gasteiger charge is -2.11. The fourth-order valence-corrected chi connectivity index (χ4v) is 1.88. The number of aromatic nitrogens is 1. The Kier molecular flexibility index (Phi) is 2.91. The van der Waals surface area contributed by atoms with Crippen LogP contribution in [0.5, 0.6) is 0 Å². The molecule has 1 nitrogen and oxygen atoms in total. The van der Waals surface area contributed by atoms with Gasteiger partial charge < -0.3 is 4.57 Å². The molecule has 0 aliphatic rings. The van der Waals surface area contributed by atoms with Crippen molar-refractivity contribution in [3.05, 3.63) is 59.9 Å². The van der Waals surface area contributed by atoms with Crippen LogP contribution in [0.15, 0.2) is 48.7 Å². The van der Waals surface area contributed by atoms with Gasteiger partial charge in [-0.1, -0.05) is 44.2 Å². The van der Waals surface area contributed by atoms with Gasteiger partial charge in [0.15, 0.2) is 0 Å². The van der Waals surface area contributed by atoms with E-state index in [4.69, 9.17) is 0 Å². The minimum atomic E-state index is 0.587. The zero-order valence-electron chi connectivity index (χ0n) is 9.35. The molecular weight excluding hydrogens is 182 g/mol. The lowest BCUT2D eigenvalue weighted by molar-refractivity contribution is 0.693. The monoisotopic (exact) mass is 199 g/mol. The molecule has 0 atom stereocenters. The highest BCUT2D eigenvalue weighted by molar-refractivity contribution is 5.18. The normalized spacial score (nSPS) is 10.9. The second-order valence-corrected chi connectivity index (χ2v) is 4.20. The van der Waals surface area contributed by atoms with Crippen LogP contribution < -0.4 is 0 Å². The molecule has 0 unspecified atom stereocenters. The molecule has 0 N–H and O–H groups in total. The SMILES string of the molecule is CC(C)c1cccn1Cc1ccccc1. The van der Waals surface area contributed by atoms with Crippen molar-refractivity contribution in [3.63, 3.8) is 0 Å². The summed E-state index contributed by atoms with van der Waals surface area (Å²) in [5.74, 6) is 0.587. The molecule has 0 bridgehead atoms. The first kappa shape index (κ1) is 10.0. The van der Waals surface area contributed by atoms with Gasteiger partial charge in [0.05, 0.1) is 0 Å². The average Bonchev–Trinajstić information content (AvgIpc) is 2.67. The van der Waals surface area contributed by atoms with Crippen LogP contribution in [0.2, 0.25) is 0 Å². The van der Waals surface area contributed by atoms with E-state index < -0.39 is 0 Å². The van der Waals surface area contributed by atoms with Gasteiger partial charge >= 0.3 is 0 Å². The van der Waals surface area contributed by atoms with Gasteiger partial charge in [0.1, 0.15) is 0 Å². The molecule has 0 saturated heterocycles. The van der Waals surface area contributed by atoms with E-state index in [2.05, 4.69) is 67.1 Å². The van der Waals surface area contributed by atoms with Gasteiger partial charge in [-0.15, -0.1) is 0 Å². The van der Waals surface area contributed by atoms with Gasteiger partial charge in [0, 0.05) is 18.4 Å². The van der Waals surface area contributed by atoms with Gasteiger partial charge in [-0.3, -0.25) is 0 Å². The van der Waals surface area contributed by atoms with E-state index in [0.717, 1.165) is 6.54 Å². The van der Waals surface area contributed by atoms with Crippen molar-refractivity contribution in [3.8, 4) is 0 Å². The first-order chi connectivity index (χ1) is 7.27. The molecule has 1 heteroatoms. The van der Waals surface area contributed by atoms with Gasteiger partial charge in [-0.25, -0.2) is 0 Å². The Balaban J connectivity index is 2.21. The van der Waals surface area contributed by atoms with Crippen molar-refractivity contribution in [2.45, 2.75) is 26.3 Å². The molecule has 0 amide bonds. The number of rotatable bonds is 3. The van der Waals surface area contributed by atoms with Crippen molar-refractivity contribution >= 4 is 0 Å². The van der Waals surface area contributed by atoms with Crippen molar-refractivity contribution in [2.75, 3.05) is 0 Å². The molecule has 0 spiro atoms. The van der Waals surface area contributed by atoms with Crippen molar-refractivity contribution < 1.29 is 0 Å². The van der Waals surface area contributed by atoms with Crippen molar-refractivity contribution in [1.29, 1.82) is 0 Å². The summed E-state index contributed by atoms with van der Waals surface area (Å²) in [6.45, 7) is 5.44. The summed E-state index contributed by atoms with van der Waals surface area (Å²) in [6, 6.07) is 14.9. The smallest absolute Gasteiger partial charge is 0.0472 e. The van der Waals surface area contributed by atoms with Crippen molar-refractivity contribution in [2.24, 2.45) is 0 Å². The van der Waals surface area contributed by atoms with Crippen molar-refractivity contribution in [1.82, 2.24) is 4.57 Å². The van der Waals surface area contributed by atoms with E-state index in [1.165, 1.54) is 11.3 Å². The van der Waals surface area contributed by atoms with E-state index in [-0.39, 0.29) is 0 Å². The molecule has 1 heterocycles. The van der Waals surface area contributed by atoms with E-state index in [0.29, 0.717) is 5.92 Å². The van der Waals surface area contributed by atoms with Crippen LogP contribution in [-0.4, -0.2) is 4.57 Å². The molecule has 1 aromatic heterocycles. The largest absolute Gasteiger partial charge is 0.347 e. The maximum absolute atomic E-state index is 2.32. The fraction of sp³-hybridized carbons (Fsp3) is 0.286. The summed E-state index contributed by atoms with van der Waals surface area (Å²) < 4.78 is 2.32. The quantitative estimate of drug-likeness (QED) is 0.711. The Labute approximate surface area is 91.4 Å². The summed E-state index contributed by atoms with van der Waals surface area (Å²) in [6.07, 6.45) is 2.16. The Morgan fingerprint density at radius 2 is 1.73 bits per heavy atom. The molecule has 0 fully saturated rings. The minimum absolute atomic E-state index is 0.587. The summed E-state index contributed by atoms with van der Waals surface area (Å²) in [5.41, 5.74) is 2.76. The molecule has 0 saturated carbocycles. The first-order valence-electron chi connectivity index (χ1n) is 5.46. The number of benzene rings is 1. The standard InChI is InChI=1S/C14H17N/c1-12(2)14-9-6-10-15(14)11-13-7-4-3-5-8-13/h3-10,12H,11H2,1-2H3. The highest BCUT2D eigenvalue weighted by Crippen LogP contribution is 2.16. The maximum atomic E-state index is 2.32. The van der Waals surface area contributed by atoms with Crippen LogP contribution in [-0.2, 0) is 6.54 Å². The molecule has 0 aliphatic carbocycles. The first-order valence-corrected chi connectivity index (χ1v) is 5.46. The Hall–Kier alpha value is -1.50. The van der Waals surface area contributed by atoms with Gasteiger partial charge in [-0.2, -0.15) is 0 Å². The lowest BCUT2D eigenvalue weighted by atomic mass is 10.1. The molecule has 15 heavy (non-hydrogen) atoms. The van der Waals surface area contributed by atoms with Crippen LogP contribution in [0.25, 0.3) is 0 Å². The summed E-state index contributed by atoms with van der Waals surface area (Å²) in [7, 11) is 0. The zero-order valence-corrected chi connectivity index (χ0v) is 9.35. The average molecular weight is 199 g/mol. The van der Waals surface area contributed by atoms with Crippen LogP contribution in [0.1, 0.15) is 31.0 Å². The zero-order chi connectivity index (χ0) is 10.7. The summed E-state index contributed by atoms with van der Waals surface area (Å²) in [4.78, 5) is 0. The van der Waals surface area contributed by atoms with E-state index >= 15 is 0 Å². The van der Waals surface area contributed by atoms with Crippen LogP contribution in [0, 0.1) is 0 Å². The third kappa shape index (κ3) is 2.30. The van der Waals surface area contributed by atoms with E-state index in [1.807, 2.05) is 0 Å². The fourth-order valence-electron chi connectivity index (χ4n) is 1.88. The van der Waals surface area contributed by atoms with Crippen LogP contribution >= 0.6 is 0 Å². The van der Waals surface area contributed by atoms with Gasteiger partial charge in [0.25, 0.3) is 0 Å². The number of nitrogens with zero attached hydrogens (tertiary/aromatic N) is 1. The molecule has 0 radical (unpaired) electrons. The van der Waals surface area contributed by atoms with Gasteiger partial charge in [0.2, 0.25) is 0 Å². The Morgan fingerprint density at radius 3 is 2.40 bits per heavy atom. The topological polar surface area (TPSA) is 4.93 Å².